The van der Waals surface area contributed by atoms with Crippen LogP contribution in [0.2, 0.25) is 0 Å². The van der Waals surface area contributed by atoms with Crippen LogP contribution >= 0.6 is 0 Å². The van der Waals surface area contributed by atoms with Crippen molar-refractivity contribution in [1.29, 1.82) is 0 Å². The first kappa shape index (κ1) is 29.3. The predicted molar refractivity (Wildman–Crippen MR) is 145 cm³/mol. The number of aliphatic hydroxyl groups is 2. The average Bonchev–Trinajstić information content (AvgIpc) is 2.60. The van der Waals surface area contributed by atoms with Gasteiger partial charge in [-0.25, -0.2) is 0 Å². The maximum atomic E-state index is 10.3. The Labute approximate surface area is 210 Å². The van der Waals surface area contributed by atoms with E-state index in [2.05, 4.69) is 110 Å². The Morgan fingerprint density at radius 3 is 1.03 bits per heavy atom. The fraction of sp³-hybridized carbons (Fsp3) is 0.800. The predicted octanol–water partition coefficient (Wildman–Crippen LogP) is 6.38. The monoisotopic (exact) mass is 474 g/mol. The third-order valence-corrected chi connectivity index (χ3v) is 7.57. The van der Waals surface area contributed by atoms with Gasteiger partial charge in [-0.3, -0.25) is 9.80 Å². The maximum absolute atomic E-state index is 10.3. The van der Waals surface area contributed by atoms with Crippen LogP contribution in [0.15, 0.2) is 24.3 Å². The zero-order valence-electron chi connectivity index (χ0n) is 24.1. The van der Waals surface area contributed by atoms with Crippen LogP contribution < -0.4 is 0 Å². The number of hydrogen-bond donors (Lipinski definition) is 2. The summed E-state index contributed by atoms with van der Waals surface area (Å²) >= 11 is 0. The lowest BCUT2D eigenvalue weighted by molar-refractivity contribution is -0.0869. The molecule has 196 valence electrons. The highest BCUT2D eigenvalue weighted by molar-refractivity contribution is 5.24. The van der Waals surface area contributed by atoms with E-state index in [4.69, 9.17) is 0 Å². The lowest BCUT2D eigenvalue weighted by atomic mass is 9.77. The Bertz CT molecular complexity index is 678. The van der Waals surface area contributed by atoms with Crippen molar-refractivity contribution >= 4 is 0 Å². The van der Waals surface area contributed by atoms with Gasteiger partial charge < -0.3 is 10.2 Å². The van der Waals surface area contributed by atoms with Crippen LogP contribution in [0.3, 0.4) is 0 Å². The molecule has 0 amide bonds. The highest BCUT2D eigenvalue weighted by Crippen LogP contribution is 2.41. The van der Waals surface area contributed by atoms with Crippen molar-refractivity contribution in [3.05, 3.63) is 35.4 Å². The highest BCUT2D eigenvalue weighted by Gasteiger charge is 2.45. The molecule has 2 N–H and O–H groups in total. The van der Waals surface area contributed by atoms with E-state index in [1.54, 1.807) is 0 Å². The summed E-state index contributed by atoms with van der Waals surface area (Å²) in [5.41, 5.74) is 2.54. The van der Waals surface area contributed by atoms with Crippen molar-refractivity contribution in [2.45, 2.75) is 149 Å². The van der Waals surface area contributed by atoms with Crippen LogP contribution in [-0.2, 0) is 13.1 Å². The first-order chi connectivity index (χ1) is 15.4. The smallest absolute Gasteiger partial charge is 0.0575 e. The van der Waals surface area contributed by atoms with Crippen molar-refractivity contribution in [2.75, 3.05) is 0 Å². The molecular weight excluding hydrogens is 420 g/mol. The van der Waals surface area contributed by atoms with Gasteiger partial charge in [0, 0.05) is 35.2 Å². The van der Waals surface area contributed by atoms with Crippen LogP contribution in [-0.4, -0.2) is 54.4 Å². The molecule has 34 heavy (non-hydrogen) atoms. The topological polar surface area (TPSA) is 46.9 Å². The first-order valence-corrected chi connectivity index (χ1v) is 13.4. The molecule has 0 spiro atoms. The van der Waals surface area contributed by atoms with E-state index in [0.717, 1.165) is 44.7 Å². The number of piperidine rings is 2. The summed E-state index contributed by atoms with van der Waals surface area (Å²) in [5, 5.41) is 20.6. The molecule has 1 aromatic carbocycles. The largest absolute Gasteiger partial charge is 0.393 e. The van der Waals surface area contributed by atoms with E-state index in [1.807, 2.05) is 0 Å². The number of benzene rings is 1. The molecule has 2 aliphatic rings. The second kappa shape index (κ2) is 10.6. The standard InChI is InChI=1S/C26H44N2O2.C4H10/c1-23(2)13-21(29)14-24(3,4)27(23)17-19-9-11-20(12-10-19)18-28-25(5,6)15-22(30)16-26(28,7)8;1-4(2)3/h9-12,21-22,29-30H,13-18H2,1-8H3;4H,1-3H3. The van der Waals surface area contributed by atoms with Crippen molar-refractivity contribution in [3.63, 3.8) is 0 Å². The molecule has 4 nitrogen and oxygen atoms in total. The number of nitrogens with zero attached hydrogens (tertiary/aromatic N) is 2. The van der Waals surface area contributed by atoms with Crippen molar-refractivity contribution < 1.29 is 10.2 Å². The molecule has 2 saturated heterocycles. The second-order valence-electron chi connectivity index (χ2n) is 14.1. The van der Waals surface area contributed by atoms with Crippen LogP contribution in [0.4, 0.5) is 0 Å². The van der Waals surface area contributed by atoms with E-state index in [0.29, 0.717) is 0 Å². The van der Waals surface area contributed by atoms with Crippen LogP contribution in [0.1, 0.15) is 113 Å². The van der Waals surface area contributed by atoms with Gasteiger partial charge in [0.05, 0.1) is 12.2 Å². The third-order valence-electron chi connectivity index (χ3n) is 7.57. The number of aliphatic hydroxyl groups excluding tert-OH is 2. The van der Waals surface area contributed by atoms with Crippen molar-refractivity contribution in [3.8, 4) is 0 Å². The van der Waals surface area contributed by atoms with Crippen LogP contribution in [0.25, 0.3) is 0 Å². The molecule has 2 fully saturated rings. The Balaban J connectivity index is 0.000000945. The molecule has 0 saturated carbocycles. The highest BCUT2D eigenvalue weighted by atomic mass is 16.3. The molecule has 0 unspecified atom stereocenters. The van der Waals surface area contributed by atoms with Gasteiger partial charge in [0.2, 0.25) is 0 Å². The summed E-state index contributed by atoms with van der Waals surface area (Å²) in [6, 6.07) is 9.08. The SMILES string of the molecule is CC(C)C.CC1(C)CC(O)CC(C)(C)N1Cc1ccc(CN2C(C)(C)CC(O)CC2(C)C)cc1. The minimum Gasteiger partial charge on any atom is -0.393 e. The van der Waals surface area contributed by atoms with Crippen LogP contribution in [0.5, 0.6) is 0 Å². The summed E-state index contributed by atoms with van der Waals surface area (Å²) in [6.45, 7) is 26.3. The van der Waals surface area contributed by atoms with E-state index in [-0.39, 0.29) is 34.4 Å². The summed E-state index contributed by atoms with van der Waals surface area (Å²) in [4.78, 5) is 5.11. The Morgan fingerprint density at radius 1 is 0.618 bits per heavy atom. The van der Waals surface area contributed by atoms with E-state index in [9.17, 15) is 10.2 Å². The summed E-state index contributed by atoms with van der Waals surface area (Å²) in [6.07, 6.45) is 2.84. The molecule has 2 heterocycles. The zero-order valence-corrected chi connectivity index (χ0v) is 24.1. The second-order valence-corrected chi connectivity index (χ2v) is 14.1. The lowest BCUT2D eigenvalue weighted by Gasteiger charge is -2.54. The minimum atomic E-state index is -0.219. The Hall–Kier alpha value is -0.940. The minimum absolute atomic E-state index is 0.0253. The fourth-order valence-corrected chi connectivity index (χ4v) is 6.50. The molecule has 0 radical (unpaired) electrons. The molecule has 0 bridgehead atoms. The van der Waals surface area contributed by atoms with Gasteiger partial charge in [-0.1, -0.05) is 45.0 Å². The van der Waals surface area contributed by atoms with Gasteiger partial charge in [0.1, 0.15) is 0 Å². The quantitative estimate of drug-likeness (QED) is 0.532. The number of rotatable bonds is 4. The van der Waals surface area contributed by atoms with E-state index in [1.165, 1.54) is 11.1 Å². The van der Waals surface area contributed by atoms with Gasteiger partial charge in [-0.05, 0) is 98.1 Å². The summed E-state index contributed by atoms with van der Waals surface area (Å²) in [5.74, 6) is 0.833. The molecule has 4 heteroatoms. The van der Waals surface area contributed by atoms with Gasteiger partial charge in [-0.2, -0.15) is 0 Å². The third kappa shape index (κ3) is 7.53. The summed E-state index contributed by atoms with van der Waals surface area (Å²) < 4.78 is 0. The first-order valence-electron chi connectivity index (χ1n) is 13.4. The molecule has 3 rings (SSSR count). The van der Waals surface area contributed by atoms with Gasteiger partial charge in [0.15, 0.2) is 0 Å². The average molecular weight is 475 g/mol. The summed E-state index contributed by atoms with van der Waals surface area (Å²) in [7, 11) is 0. The zero-order chi connectivity index (χ0) is 26.1. The molecule has 1 aromatic rings. The molecule has 2 aliphatic heterocycles. The fourth-order valence-electron chi connectivity index (χ4n) is 6.50. The van der Waals surface area contributed by atoms with Crippen LogP contribution in [0, 0.1) is 5.92 Å². The number of hydrogen-bond acceptors (Lipinski definition) is 4. The van der Waals surface area contributed by atoms with Gasteiger partial charge >= 0.3 is 0 Å². The van der Waals surface area contributed by atoms with E-state index < -0.39 is 0 Å². The molecular formula is C30H54N2O2. The van der Waals surface area contributed by atoms with Gasteiger partial charge in [0.25, 0.3) is 0 Å². The molecule has 0 atom stereocenters. The molecule has 0 aliphatic carbocycles. The molecule has 0 aromatic heterocycles. The van der Waals surface area contributed by atoms with Crippen molar-refractivity contribution in [1.82, 2.24) is 9.80 Å². The Morgan fingerprint density at radius 2 is 0.824 bits per heavy atom. The number of likely N-dealkylation sites (tertiary alicyclic amines) is 2. The van der Waals surface area contributed by atoms with Gasteiger partial charge in [-0.15, -0.1) is 0 Å². The Kier molecular flexibility index (Phi) is 9.12. The maximum Gasteiger partial charge on any atom is 0.0575 e. The van der Waals surface area contributed by atoms with Crippen molar-refractivity contribution in [2.24, 2.45) is 5.92 Å². The normalized spacial score (nSPS) is 25.1. The lowest BCUT2D eigenvalue weighted by Crippen LogP contribution is -2.61. The van der Waals surface area contributed by atoms with E-state index >= 15 is 0 Å².